The number of nitrogens with zero attached hydrogens (tertiary/aromatic N) is 1. The lowest BCUT2D eigenvalue weighted by Gasteiger charge is -2.05. The van der Waals surface area contributed by atoms with Gasteiger partial charge in [-0.2, -0.15) is 0 Å². The molecule has 0 aliphatic rings. The molecule has 2 heterocycles. The second kappa shape index (κ2) is 9.61. The Morgan fingerprint density at radius 1 is 1.06 bits per heavy atom. The summed E-state index contributed by atoms with van der Waals surface area (Å²) in [7, 11) is 0. The van der Waals surface area contributed by atoms with Crippen molar-refractivity contribution in [2.45, 2.75) is 13.5 Å². The normalized spacial score (nSPS) is 10.6. The molecular formula is C23H17F2N3O4S. The lowest BCUT2D eigenvalue weighted by Crippen LogP contribution is -2.10. The van der Waals surface area contributed by atoms with Gasteiger partial charge in [0.2, 0.25) is 5.91 Å². The number of furan rings is 1. The Bertz CT molecular complexity index is 1300. The van der Waals surface area contributed by atoms with Gasteiger partial charge < -0.3 is 14.5 Å². The number of hydrogen-bond donors (Lipinski definition) is 2. The van der Waals surface area contributed by atoms with Crippen molar-refractivity contribution in [1.29, 1.82) is 0 Å². The summed E-state index contributed by atoms with van der Waals surface area (Å²) in [5, 5.41) is 6.99. The molecule has 0 unspecified atom stereocenters. The molecular weight excluding hydrogens is 452 g/mol. The molecule has 0 radical (unpaired) electrons. The van der Waals surface area contributed by atoms with Gasteiger partial charge in [0.25, 0.3) is 5.91 Å². The van der Waals surface area contributed by atoms with E-state index in [1.807, 2.05) is 0 Å². The van der Waals surface area contributed by atoms with Gasteiger partial charge in [-0.3, -0.25) is 14.9 Å². The zero-order valence-corrected chi connectivity index (χ0v) is 18.0. The minimum Gasteiger partial charge on any atom is -0.486 e. The molecule has 0 spiro atoms. The number of carbonyl (C=O) groups is 2. The highest BCUT2D eigenvalue weighted by Gasteiger charge is 2.16. The minimum atomic E-state index is -0.554. The Hall–Kier alpha value is -4.05. The summed E-state index contributed by atoms with van der Waals surface area (Å²) >= 11 is 1.13. The molecule has 0 bridgehead atoms. The lowest BCUT2D eigenvalue weighted by molar-refractivity contribution is -0.114. The third-order valence-corrected chi connectivity index (χ3v) is 5.13. The zero-order valence-electron chi connectivity index (χ0n) is 17.2. The number of amides is 2. The Morgan fingerprint density at radius 3 is 2.58 bits per heavy atom. The van der Waals surface area contributed by atoms with E-state index in [0.717, 1.165) is 11.3 Å². The molecule has 0 fully saturated rings. The molecule has 10 heteroatoms. The number of rotatable bonds is 7. The number of hydrogen-bond acceptors (Lipinski definition) is 6. The monoisotopic (exact) mass is 469 g/mol. The Labute approximate surface area is 191 Å². The van der Waals surface area contributed by atoms with Gasteiger partial charge in [-0.05, 0) is 54.6 Å². The molecule has 168 valence electrons. The highest BCUT2D eigenvalue weighted by molar-refractivity contribution is 7.14. The van der Waals surface area contributed by atoms with Crippen molar-refractivity contribution in [2.24, 2.45) is 0 Å². The second-order valence-corrected chi connectivity index (χ2v) is 7.73. The van der Waals surface area contributed by atoms with Crippen LogP contribution in [0.1, 0.15) is 23.2 Å². The first-order valence-electron chi connectivity index (χ1n) is 9.69. The Balaban J connectivity index is 1.38. The number of anilines is 2. The average Bonchev–Trinajstić information content (AvgIpc) is 3.43. The SMILES string of the molecule is CC(=O)Nc1ccc(-c2csc(NC(=O)c3ccc(COc4ccc(F)cc4)o3)n2)c(F)c1. The summed E-state index contributed by atoms with van der Waals surface area (Å²) in [6, 6.07) is 12.9. The predicted octanol–water partition coefficient (Wildman–Crippen LogP) is 5.47. The maximum atomic E-state index is 14.4. The van der Waals surface area contributed by atoms with Crippen LogP contribution in [0.25, 0.3) is 11.3 Å². The van der Waals surface area contributed by atoms with Crippen molar-refractivity contribution in [3.8, 4) is 17.0 Å². The number of nitrogens with one attached hydrogen (secondary N) is 2. The first-order valence-corrected chi connectivity index (χ1v) is 10.6. The van der Waals surface area contributed by atoms with Crippen LogP contribution in [0.4, 0.5) is 19.6 Å². The van der Waals surface area contributed by atoms with Crippen molar-refractivity contribution >= 4 is 34.0 Å². The number of ether oxygens (including phenoxy) is 1. The van der Waals surface area contributed by atoms with Crippen molar-refractivity contribution in [3.63, 3.8) is 0 Å². The van der Waals surface area contributed by atoms with E-state index in [9.17, 15) is 18.4 Å². The minimum absolute atomic E-state index is 0.0512. The molecule has 4 rings (SSSR count). The number of halogens is 2. The van der Waals surface area contributed by atoms with Crippen LogP contribution in [0.15, 0.2) is 64.4 Å². The van der Waals surface area contributed by atoms with Crippen LogP contribution < -0.4 is 15.4 Å². The van der Waals surface area contributed by atoms with Crippen LogP contribution in [-0.2, 0) is 11.4 Å². The molecule has 2 N–H and O–H groups in total. The highest BCUT2D eigenvalue weighted by atomic mass is 32.1. The molecule has 0 saturated heterocycles. The number of aromatic nitrogens is 1. The number of benzene rings is 2. The van der Waals surface area contributed by atoms with E-state index >= 15 is 0 Å². The van der Waals surface area contributed by atoms with Crippen LogP contribution in [0.2, 0.25) is 0 Å². The van der Waals surface area contributed by atoms with Crippen LogP contribution in [0.3, 0.4) is 0 Å². The third kappa shape index (κ3) is 5.60. The topological polar surface area (TPSA) is 93.5 Å². The van der Waals surface area contributed by atoms with Gasteiger partial charge in [0.1, 0.15) is 29.8 Å². The summed E-state index contributed by atoms with van der Waals surface area (Å²) in [5.41, 5.74) is 0.915. The standard InChI is InChI=1S/C23H17F2N3O4S/c1-13(29)26-15-4-8-18(19(25)10-15)20-12-33-23(27-20)28-22(30)21-9-7-17(32-21)11-31-16-5-2-14(24)3-6-16/h2-10,12H,11H2,1H3,(H,26,29)(H,27,28,30). The molecule has 33 heavy (non-hydrogen) atoms. The zero-order chi connectivity index (χ0) is 23.4. The molecule has 0 atom stereocenters. The van der Waals surface area contributed by atoms with E-state index in [1.54, 1.807) is 17.5 Å². The van der Waals surface area contributed by atoms with Crippen molar-refractivity contribution in [2.75, 3.05) is 10.6 Å². The summed E-state index contributed by atoms with van der Waals surface area (Å²) < 4.78 is 38.3. The summed E-state index contributed by atoms with van der Waals surface area (Å²) in [4.78, 5) is 27.8. The number of carbonyl (C=O) groups excluding carboxylic acids is 2. The van der Waals surface area contributed by atoms with Crippen LogP contribution in [0, 0.1) is 11.6 Å². The molecule has 2 aromatic heterocycles. The number of thiazole rings is 1. The third-order valence-electron chi connectivity index (χ3n) is 4.37. The van der Waals surface area contributed by atoms with Crippen LogP contribution in [-0.4, -0.2) is 16.8 Å². The largest absolute Gasteiger partial charge is 0.486 e. The van der Waals surface area contributed by atoms with E-state index < -0.39 is 11.7 Å². The van der Waals surface area contributed by atoms with Gasteiger partial charge in [0.05, 0.1) is 5.69 Å². The fourth-order valence-corrected chi connectivity index (χ4v) is 3.59. The lowest BCUT2D eigenvalue weighted by atomic mass is 10.1. The fourth-order valence-electron chi connectivity index (χ4n) is 2.88. The van der Waals surface area contributed by atoms with E-state index in [4.69, 9.17) is 9.15 Å². The first kappa shape index (κ1) is 22.2. The Morgan fingerprint density at radius 2 is 1.85 bits per heavy atom. The van der Waals surface area contributed by atoms with Gasteiger partial charge in [-0.25, -0.2) is 13.8 Å². The van der Waals surface area contributed by atoms with E-state index in [0.29, 0.717) is 22.9 Å². The molecule has 0 aliphatic carbocycles. The first-order chi connectivity index (χ1) is 15.9. The molecule has 0 aliphatic heterocycles. The smallest absolute Gasteiger partial charge is 0.293 e. The molecule has 2 aromatic carbocycles. The summed E-state index contributed by atoms with van der Waals surface area (Å²) in [6.45, 7) is 1.40. The van der Waals surface area contributed by atoms with Gasteiger partial charge in [-0.1, -0.05) is 0 Å². The van der Waals surface area contributed by atoms with Gasteiger partial charge in [0.15, 0.2) is 10.9 Å². The van der Waals surface area contributed by atoms with E-state index in [1.165, 1.54) is 49.4 Å². The van der Waals surface area contributed by atoms with Crippen LogP contribution in [0.5, 0.6) is 5.75 Å². The van der Waals surface area contributed by atoms with E-state index in [-0.39, 0.29) is 34.8 Å². The molecule has 7 nitrogen and oxygen atoms in total. The molecule has 2 amide bonds. The van der Waals surface area contributed by atoms with Gasteiger partial charge >= 0.3 is 0 Å². The molecule has 4 aromatic rings. The molecule has 0 saturated carbocycles. The van der Waals surface area contributed by atoms with Gasteiger partial charge in [-0.15, -0.1) is 11.3 Å². The maximum absolute atomic E-state index is 14.4. The summed E-state index contributed by atoms with van der Waals surface area (Å²) in [5.74, 6) is -0.822. The maximum Gasteiger partial charge on any atom is 0.293 e. The van der Waals surface area contributed by atoms with Crippen molar-refractivity contribution in [1.82, 2.24) is 4.98 Å². The van der Waals surface area contributed by atoms with E-state index in [2.05, 4.69) is 15.6 Å². The fraction of sp³-hybridized carbons (Fsp3) is 0.0870. The second-order valence-electron chi connectivity index (χ2n) is 6.88. The van der Waals surface area contributed by atoms with Gasteiger partial charge in [0, 0.05) is 23.6 Å². The quantitative estimate of drug-likeness (QED) is 0.374. The van der Waals surface area contributed by atoms with Crippen molar-refractivity contribution in [3.05, 3.63) is 83.1 Å². The summed E-state index contributed by atoms with van der Waals surface area (Å²) in [6.07, 6.45) is 0. The van der Waals surface area contributed by atoms with Crippen LogP contribution >= 0.6 is 11.3 Å². The highest BCUT2D eigenvalue weighted by Crippen LogP contribution is 2.29. The predicted molar refractivity (Wildman–Crippen MR) is 119 cm³/mol. The van der Waals surface area contributed by atoms with Crippen molar-refractivity contribution < 1.29 is 27.5 Å². The Kier molecular flexibility index (Phi) is 6.45. The average molecular weight is 469 g/mol.